The molecule has 0 aliphatic heterocycles. The van der Waals surface area contributed by atoms with Crippen LogP contribution in [0.4, 0.5) is 0 Å². The van der Waals surface area contributed by atoms with Crippen LogP contribution < -0.4 is 10.3 Å². The quantitative estimate of drug-likeness (QED) is 0.365. The topological polar surface area (TPSA) is 55.0 Å². The van der Waals surface area contributed by atoms with Crippen molar-refractivity contribution < 1.29 is 4.74 Å². The molecule has 0 aliphatic carbocycles. The molecule has 5 rings (SSSR count). The number of aryl methyl sites for hydroxylation is 1. The molecule has 2 heterocycles. The summed E-state index contributed by atoms with van der Waals surface area (Å²) >= 11 is 1.52. The van der Waals surface area contributed by atoms with Crippen molar-refractivity contribution in [1.82, 2.24) is 9.97 Å². The summed E-state index contributed by atoms with van der Waals surface area (Å²) in [6.45, 7) is 2.51. The average molecular weight is 425 g/mol. The maximum atomic E-state index is 12.8. The maximum absolute atomic E-state index is 12.8. The molecular weight excluding hydrogens is 404 g/mol. The lowest BCUT2D eigenvalue weighted by Crippen LogP contribution is -2.08. The van der Waals surface area contributed by atoms with Gasteiger partial charge in [-0.25, -0.2) is 4.98 Å². The number of benzene rings is 3. The number of hydrogen-bond acceptors (Lipinski definition) is 4. The number of rotatable bonds is 5. The number of nitrogens with zero attached hydrogens (tertiary/aromatic N) is 1. The molecule has 0 amide bonds. The van der Waals surface area contributed by atoms with E-state index in [0.29, 0.717) is 28.4 Å². The van der Waals surface area contributed by atoms with Gasteiger partial charge in [0.15, 0.2) is 0 Å². The maximum Gasteiger partial charge on any atom is 0.259 e. The molecule has 0 bridgehead atoms. The molecule has 0 unspecified atom stereocenters. The van der Waals surface area contributed by atoms with E-state index in [9.17, 15) is 4.79 Å². The van der Waals surface area contributed by atoms with E-state index in [2.05, 4.69) is 36.2 Å². The van der Waals surface area contributed by atoms with Crippen molar-refractivity contribution in [2.45, 2.75) is 13.5 Å². The zero-order valence-electron chi connectivity index (χ0n) is 17.0. The Bertz CT molecular complexity index is 1400. The largest absolute Gasteiger partial charge is 0.488 e. The van der Waals surface area contributed by atoms with Gasteiger partial charge in [-0.3, -0.25) is 4.79 Å². The first-order chi connectivity index (χ1) is 15.2. The number of thiophene rings is 1. The van der Waals surface area contributed by atoms with Crippen LogP contribution >= 0.6 is 11.3 Å². The third-order valence-corrected chi connectivity index (χ3v) is 6.20. The first-order valence-corrected chi connectivity index (χ1v) is 10.9. The number of fused-ring (bicyclic) bond motifs is 1. The predicted octanol–water partition coefficient (Wildman–Crippen LogP) is 6.21. The molecular formula is C26H20N2O2S. The van der Waals surface area contributed by atoms with E-state index in [1.165, 1.54) is 16.9 Å². The summed E-state index contributed by atoms with van der Waals surface area (Å²) in [5.41, 5.74) is 4.00. The van der Waals surface area contributed by atoms with Gasteiger partial charge in [-0.2, -0.15) is 0 Å². The molecule has 0 saturated carbocycles. The van der Waals surface area contributed by atoms with Crippen LogP contribution in [-0.4, -0.2) is 9.97 Å². The summed E-state index contributed by atoms with van der Waals surface area (Å²) in [5, 5.41) is 0.602. The van der Waals surface area contributed by atoms with Crippen LogP contribution in [0.15, 0.2) is 89.7 Å². The summed E-state index contributed by atoms with van der Waals surface area (Å²) < 4.78 is 6.09. The predicted molar refractivity (Wildman–Crippen MR) is 127 cm³/mol. The van der Waals surface area contributed by atoms with Crippen LogP contribution in [0.1, 0.15) is 11.1 Å². The van der Waals surface area contributed by atoms with Gasteiger partial charge in [0.2, 0.25) is 0 Å². The Morgan fingerprint density at radius 1 is 0.935 bits per heavy atom. The number of hydrogen-bond donors (Lipinski definition) is 1. The van der Waals surface area contributed by atoms with Crippen molar-refractivity contribution in [3.8, 4) is 27.6 Å². The van der Waals surface area contributed by atoms with Gasteiger partial charge in [0, 0.05) is 4.88 Å². The van der Waals surface area contributed by atoms with Crippen LogP contribution in [-0.2, 0) is 6.61 Å². The molecule has 152 valence electrons. The Balaban J connectivity index is 1.50. The summed E-state index contributed by atoms with van der Waals surface area (Å²) in [5.74, 6) is 1.20. The van der Waals surface area contributed by atoms with Gasteiger partial charge in [-0.15, -0.1) is 11.3 Å². The van der Waals surface area contributed by atoms with Crippen LogP contribution in [0.3, 0.4) is 0 Å². The molecule has 31 heavy (non-hydrogen) atoms. The molecule has 0 spiro atoms. The molecule has 2 aromatic heterocycles. The normalized spacial score (nSPS) is 11.0. The van der Waals surface area contributed by atoms with Crippen molar-refractivity contribution in [1.29, 1.82) is 0 Å². The molecule has 5 heteroatoms. The van der Waals surface area contributed by atoms with Gasteiger partial charge in [0.25, 0.3) is 5.56 Å². The fourth-order valence-electron chi connectivity index (χ4n) is 3.44. The van der Waals surface area contributed by atoms with Crippen LogP contribution in [0.25, 0.3) is 32.0 Å². The zero-order valence-corrected chi connectivity index (χ0v) is 17.8. The molecule has 0 aliphatic rings. The molecule has 0 radical (unpaired) electrons. The fraction of sp³-hybridized carbons (Fsp3) is 0.0769. The second-order valence-corrected chi connectivity index (χ2v) is 8.41. The second kappa shape index (κ2) is 8.20. The highest BCUT2D eigenvalue weighted by Gasteiger charge is 2.14. The van der Waals surface area contributed by atoms with E-state index in [0.717, 1.165) is 21.6 Å². The Kier molecular flexibility index (Phi) is 5.10. The van der Waals surface area contributed by atoms with Crippen molar-refractivity contribution in [3.63, 3.8) is 0 Å². The number of para-hydroxylation sites is 1. The van der Waals surface area contributed by atoms with Crippen LogP contribution in [0.2, 0.25) is 0 Å². The van der Waals surface area contributed by atoms with E-state index in [4.69, 9.17) is 9.72 Å². The molecule has 0 saturated heterocycles. The summed E-state index contributed by atoms with van der Waals surface area (Å²) in [6.07, 6.45) is 0. The van der Waals surface area contributed by atoms with Crippen molar-refractivity contribution in [3.05, 3.63) is 106 Å². The highest BCUT2D eigenvalue weighted by atomic mass is 32.1. The highest BCUT2D eigenvalue weighted by molar-refractivity contribution is 7.21. The number of ether oxygens (including phenoxy) is 1. The van der Waals surface area contributed by atoms with Gasteiger partial charge in [-0.05, 0) is 36.2 Å². The summed E-state index contributed by atoms with van der Waals surface area (Å²) in [4.78, 5) is 22.2. The Morgan fingerprint density at radius 3 is 2.48 bits per heavy atom. The number of aromatic amines is 1. The number of nitrogens with one attached hydrogen (secondary N) is 1. The third-order valence-electron chi connectivity index (χ3n) is 5.12. The Hall–Kier alpha value is -3.70. The molecule has 5 aromatic rings. The summed E-state index contributed by atoms with van der Waals surface area (Å²) in [7, 11) is 0. The van der Waals surface area contributed by atoms with Crippen molar-refractivity contribution in [2.24, 2.45) is 0 Å². The third kappa shape index (κ3) is 4.00. The smallest absolute Gasteiger partial charge is 0.259 e. The van der Waals surface area contributed by atoms with Crippen LogP contribution in [0, 0.1) is 6.92 Å². The van der Waals surface area contributed by atoms with E-state index in [1.807, 2.05) is 60.7 Å². The standard InChI is InChI=1S/C26H20N2O2S/c1-17-11-13-18(14-12-17)16-30-22-10-6-5-9-20(22)24-27-25(29)21-15-23(31-26(21)28-24)19-7-3-2-4-8-19/h2-15H,16H2,1H3,(H,27,28,29). The lowest BCUT2D eigenvalue weighted by atomic mass is 10.1. The van der Waals surface area contributed by atoms with Crippen molar-refractivity contribution >= 4 is 21.6 Å². The Labute approximate surface area is 183 Å². The minimum Gasteiger partial charge on any atom is -0.488 e. The van der Waals surface area contributed by atoms with E-state index < -0.39 is 0 Å². The van der Waals surface area contributed by atoms with E-state index in [1.54, 1.807) is 0 Å². The first-order valence-electron chi connectivity index (χ1n) is 10.0. The number of H-pyrrole nitrogens is 1. The first kappa shape index (κ1) is 19.3. The monoisotopic (exact) mass is 424 g/mol. The molecule has 4 nitrogen and oxygen atoms in total. The minimum atomic E-state index is -0.147. The lowest BCUT2D eigenvalue weighted by molar-refractivity contribution is 0.307. The molecule has 1 N–H and O–H groups in total. The number of aromatic nitrogens is 2. The molecule has 0 fully saturated rings. The van der Waals surface area contributed by atoms with Gasteiger partial charge < -0.3 is 9.72 Å². The van der Waals surface area contributed by atoms with Gasteiger partial charge in [0.1, 0.15) is 23.0 Å². The highest BCUT2D eigenvalue weighted by Crippen LogP contribution is 2.33. The lowest BCUT2D eigenvalue weighted by Gasteiger charge is -2.11. The Morgan fingerprint density at radius 2 is 1.68 bits per heavy atom. The van der Waals surface area contributed by atoms with E-state index in [-0.39, 0.29) is 5.56 Å². The van der Waals surface area contributed by atoms with Crippen LogP contribution in [0.5, 0.6) is 5.75 Å². The summed E-state index contributed by atoms with van der Waals surface area (Å²) in [6, 6.07) is 27.8. The van der Waals surface area contributed by atoms with Gasteiger partial charge in [0.05, 0.1) is 10.9 Å². The second-order valence-electron chi connectivity index (χ2n) is 7.38. The van der Waals surface area contributed by atoms with Gasteiger partial charge in [-0.1, -0.05) is 72.3 Å². The van der Waals surface area contributed by atoms with Gasteiger partial charge >= 0.3 is 0 Å². The fourth-order valence-corrected chi connectivity index (χ4v) is 4.47. The minimum absolute atomic E-state index is 0.147. The van der Waals surface area contributed by atoms with E-state index >= 15 is 0 Å². The molecule has 3 aromatic carbocycles. The molecule has 0 atom stereocenters. The SMILES string of the molecule is Cc1ccc(COc2ccccc2-c2nc3sc(-c4ccccc4)cc3c(=O)[nH]2)cc1. The zero-order chi connectivity index (χ0) is 21.2. The van der Waals surface area contributed by atoms with Crippen molar-refractivity contribution in [2.75, 3.05) is 0 Å². The average Bonchev–Trinajstić information content (AvgIpc) is 3.24.